The predicted octanol–water partition coefficient (Wildman–Crippen LogP) is 3.73. The van der Waals surface area contributed by atoms with Gasteiger partial charge in [0.1, 0.15) is 0 Å². The quantitative estimate of drug-likeness (QED) is 0.898. The zero-order chi connectivity index (χ0) is 13.3. The molecular weight excluding hydrogens is 241 g/mol. The fraction of sp³-hybridized carbons (Fsp3) is 0.625. The van der Waals surface area contributed by atoms with Gasteiger partial charge in [0.15, 0.2) is 11.6 Å². The Bertz CT molecular complexity index is 450. The summed E-state index contributed by atoms with van der Waals surface area (Å²) >= 11 is 0. The summed E-state index contributed by atoms with van der Waals surface area (Å²) < 4.78 is 19.6. The van der Waals surface area contributed by atoms with Gasteiger partial charge in [0.05, 0.1) is 6.61 Å². The Morgan fingerprint density at radius 3 is 2.58 bits per heavy atom. The fourth-order valence-corrected chi connectivity index (χ4v) is 2.89. The summed E-state index contributed by atoms with van der Waals surface area (Å²) in [6.07, 6.45) is 7.85. The summed E-state index contributed by atoms with van der Waals surface area (Å²) in [6.45, 7) is 0.643. The van der Waals surface area contributed by atoms with Gasteiger partial charge in [-0.05, 0) is 49.3 Å². The minimum Gasteiger partial charge on any atom is -0.490 e. The van der Waals surface area contributed by atoms with E-state index >= 15 is 0 Å². The second-order valence-electron chi connectivity index (χ2n) is 6.12. The minimum atomic E-state index is -0.339. The van der Waals surface area contributed by atoms with Crippen molar-refractivity contribution in [2.24, 2.45) is 11.7 Å². The second-order valence-corrected chi connectivity index (χ2v) is 6.12. The molecular formula is C16H22FNO. The fourth-order valence-electron chi connectivity index (χ4n) is 2.89. The van der Waals surface area contributed by atoms with E-state index in [4.69, 9.17) is 10.5 Å². The molecule has 0 unspecified atom stereocenters. The molecule has 0 spiro atoms. The Kier molecular flexibility index (Phi) is 3.48. The molecule has 0 amide bonds. The molecule has 19 heavy (non-hydrogen) atoms. The molecule has 2 fully saturated rings. The van der Waals surface area contributed by atoms with Gasteiger partial charge < -0.3 is 10.5 Å². The van der Waals surface area contributed by atoms with Gasteiger partial charge in [-0.2, -0.15) is 0 Å². The second kappa shape index (κ2) is 5.12. The summed E-state index contributed by atoms with van der Waals surface area (Å²) in [5, 5.41) is 0. The highest BCUT2D eigenvalue weighted by Gasteiger charge is 2.30. The van der Waals surface area contributed by atoms with Gasteiger partial charge in [-0.3, -0.25) is 0 Å². The summed E-state index contributed by atoms with van der Waals surface area (Å²) in [5.74, 6) is 0.738. The van der Waals surface area contributed by atoms with Crippen LogP contribution in [0, 0.1) is 11.7 Å². The predicted molar refractivity (Wildman–Crippen MR) is 73.6 cm³/mol. The smallest absolute Gasteiger partial charge is 0.165 e. The third kappa shape index (κ3) is 2.92. The molecule has 3 rings (SSSR count). The molecule has 2 N–H and O–H groups in total. The van der Waals surface area contributed by atoms with Crippen molar-refractivity contribution in [1.29, 1.82) is 0 Å². The first kappa shape index (κ1) is 12.9. The topological polar surface area (TPSA) is 35.2 Å². The van der Waals surface area contributed by atoms with E-state index in [2.05, 4.69) is 0 Å². The lowest BCUT2D eigenvalue weighted by Crippen LogP contribution is -2.38. The molecule has 2 aliphatic rings. The Morgan fingerprint density at radius 1 is 1.21 bits per heavy atom. The van der Waals surface area contributed by atoms with E-state index in [9.17, 15) is 4.39 Å². The number of halogens is 1. The molecule has 0 aromatic heterocycles. The van der Waals surface area contributed by atoms with E-state index in [1.807, 2.05) is 6.07 Å². The van der Waals surface area contributed by atoms with Crippen LogP contribution in [0.4, 0.5) is 4.39 Å². The van der Waals surface area contributed by atoms with Crippen LogP contribution in [-0.4, -0.2) is 6.61 Å². The molecule has 0 radical (unpaired) electrons. The van der Waals surface area contributed by atoms with E-state index in [1.165, 1.54) is 19.3 Å². The highest BCUT2D eigenvalue weighted by Crippen LogP contribution is 2.36. The van der Waals surface area contributed by atoms with Gasteiger partial charge in [-0.1, -0.05) is 25.3 Å². The molecule has 2 nitrogen and oxygen atoms in total. The normalized spacial score (nSPS) is 22.2. The zero-order valence-electron chi connectivity index (χ0n) is 11.3. The summed E-state index contributed by atoms with van der Waals surface area (Å²) in [4.78, 5) is 0. The molecule has 1 aromatic carbocycles. The molecule has 3 heteroatoms. The van der Waals surface area contributed by atoms with Gasteiger partial charge in [0, 0.05) is 5.54 Å². The highest BCUT2D eigenvalue weighted by atomic mass is 19.1. The highest BCUT2D eigenvalue weighted by molar-refractivity contribution is 5.33. The molecule has 0 bridgehead atoms. The monoisotopic (exact) mass is 263 g/mol. The average molecular weight is 263 g/mol. The van der Waals surface area contributed by atoms with E-state index in [-0.39, 0.29) is 11.4 Å². The van der Waals surface area contributed by atoms with E-state index in [0.717, 1.165) is 31.2 Å². The molecule has 0 aliphatic heterocycles. The lowest BCUT2D eigenvalue weighted by molar-refractivity contribution is 0.281. The molecule has 0 saturated heterocycles. The first-order valence-electron chi connectivity index (χ1n) is 7.39. The van der Waals surface area contributed by atoms with Crippen molar-refractivity contribution in [2.75, 3.05) is 6.61 Å². The Morgan fingerprint density at radius 2 is 1.95 bits per heavy atom. The van der Waals surface area contributed by atoms with Crippen LogP contribution >= 0.6 is 0 Å². The molecule has 104 valence electrons. The maximum absolute atomic E-state index is 14.1. The summed E-state index contributed by atoms with van der Waals surface area (Å²) in [6, 6.07) is 5.26. The van der Waals surface area contributed by atoms with Gasteiger partial charge in [-0.25, -0.2) is 4.39 Å². The van der Waals surface area contributed by atoms with Crippen molar-refractivity contribution in [3.8, 4) is 5.75 Å². The number of ether oxygens (including phenoxy) is 1. The van der Waals surface area contributed by atoms with E-state index < -0.39 is 0 Å². The number of nitrogens with two attached hydrogens (primary N) is 1. The van der Waals surface area contributed by atoms with Crippen molar-refractivity contribution in [3.05, 3.63) is 29.6 Å². The third-order valence-electron chi connectivity index (χ3n) is 4.42. The van der Waals surface area contributed by atoms with Gasteiger partial charge in [0.2, 0.25) is 0 Å². The minimum absolute atomic E-state index is 0.270. The van der Waals surface area contributed by atoms with E-state index in [1.54, 1.807) is 12.1 Å². The van der Waals surface area contributed by atoms with Crippen LogP contribution < -0.4 is 10.5 Å². The van der Waals surface area contributed by atoms with Crippen LogP contribution in [0.25, 0.3) is 0 Å². The van der Waals surface area contributed by atoms with Crippen LogP contribution in [0.1, 0.15) is 50.5 Å². The van der Waals surface area contributed by atoms with Crippen molar-refractivity contribution >= 4 is 0 Å². The lowest BCUT2D eigenvalue weighted by atomic mass is 9.77. The third-order valence-corrected chi connectivity index (χ3v) is 4.42. The zero-order valence-corrected chi connectivity index (χ0v) is 11.3. The molecule has 0 atom stereocenters. The Hall–Kier alpha value is -1.09. The van der Waals surface area contributed by atoms with Crippen LogP contribution in [0.5, 0.6) is 5.75 Å². The maximum Gasteiger partial charge on any atom is 0.165 e. The number of hydrogen-bond acceptors (Lipinski definition) is 2. The van der Waals surface area contributed by atoms with E-state index in [0.29, 0.717) is 18.3 Å². The largest absolute Gasteiger partial charge is 0.490 e. The van der Waals surface area contributed by atoms with Crippen LogP contribution in [-0.2, 0) is 5.54 Å². The first-order chi connectivity index (χ1) is 9.17. The molecule has 2 saturated carbocycles. The average Bonchev–Trinajstić information content (AvgIpc) is 3.22. The number of benzene rings is 1. The van der Waals surface area contributed by atoms with Crippen molar-refractivity contribution in [1.82, 2.24) is 0 Å². The SMILES string of the molecule is NC1(c2ccc(OCC3CC3)c(F)c2)CCCCC1. The number of hydrogen-bond donors (Lipinski definition) is 1. The van der Waals surface area contributed by atoms with Gasteiger partial charge >= 0.3 is 0 Å². The molecule has 0 heterocycles. The molecule has 2 aliphatic carbocycles. The Balaban J connectivity index is 1.73. The first-order valence-corrected chi connectivity index (χ1v) is 7.39. The van der Waals surface area contributed by atoms with Gasteiger partial charge in [-0.15, -0.1) is 0 Å². The summed E-state index contributed by atoms with van der Waals surface area (Å²) in [7, 11) is 0. The number of rotatable bonds is 4. The van der Waals surface area contributed by atoms with Crippen molar-refractivity contribution in [3.63, 3.8) is 0 Å². The van der Waals surface area contributed by atoms with Crippen molar-refractivity contribution < 1.29 is 9.13 Å². The van der Waals surface area contributed by atoms with Crippen LogP contribution in [0.3, 0.4) is 0 Å². The standard InChI is InChI=1S/C16H22FNO/c17-14-10-13(16(18)8-2-1-3-9-16)6-7-15(14)19-11-12-4-5-12/h6-7,10,12H,1-5,8-9,11,18H2. The molecule has 1 aromatic rings. The summed E-state index contributed by atoms with van der Waals surface area (Å²) in [5.41, 5.74) is 7.00. The van der Waals surface area contributed by atoms with Gasteiger partial charge in [0.25, 0.3) is 0 Å². The van der Waals surface area contributed by atoms with Crippen LogP contribution in [0.15, 0.2) is 18.2 Å². The van der Waals surface area contributed by atoms with Crippen molar-refractivity contribution in [2.45, 2.75) is 50.5 Å². The lowest BCUT2D eigenvalue weighted by Gasteiger charge is -2.34. The Labute approximate surface area is 114 Å². The van der Waals surface area contributed by atoms with Crippen LogP contribution in [0.2, 0.25) is 0 Å². The maximum atomic E-state index is 14.1.